The predicted molar refractivity (Wildman–Crippen MR) is 108 cm³/mol. The molecule has 146 valence electrons. The molecule has 5 rings (SSSR count). The molecule has 0 aliphatic carbocycles. The van der Waals surface area contributed by atoms with Gasteiger partial charge in [-0.25, -0.2) is 9.48 Å². The highest BCUT2D eigenvalue weighted by Crippen LogP contribution is 2.39. The number of ether oxygens (including phenoxy) is 2. The minimum Gasteiger partial charge on any atom is -0.486 e. The number of nitrogens with zero attached hydrogens (tertiary/aromatic N) is 2. The first kappa shape index (κ1) is 17.6. The quantitative estimate of drug-likeness (QED) is 0.812. The lowest BCUT2D eigenvalue weighted by Gasteiger charge is -2.26. The molecule has 0 saturated heterocycles. The Balaban J connectivity index is 1.60. The Hall–Kier alpha value is -2.53. The molecule has 0 aromatic heterocycles. The molecule has 0 fully saturated rings. The first-order chi connectivity index (χ1) is 13.6. The van der Waals surface area contributed by atoms with Crippen LogP contribution in [0.25, 0.3) is 0 Å². The van der Waals surface area contributed by atoms with E-state index in [-0.39, 0.29) is 0 Å². The van der Waals surface area contributed by atoms with Gasteiger partial charge < -0.3 is 14.6 Å². The molecule has 5 nitrogen and oxygen atoms in total. The van der Waals surface area contributed by atoms with Crippen LogP contribution in [-0.4, -0.2) is 41.8 Å². The highest BCUT2D eigenvalue weighted by atomic mass is 16.6. The van der Waals surface area contributed by atoms with Crippen molar-refractivity contribution < 1.29 is 19.2 Å². The molecule has 0 spiro atoms. The van der Waals surface area contributed by atoms with E-state index in [9.17, 15) is 5.11 Å². The van der Waals surface area contributed by atoms with Gasteiger partial charge >= 0.3 is 0 Å². The molecule has 0 unspecified atom stereocenters. The Bertz CT molecular complexity index is 939. The Kier molecular flexibility index (Phi) is 4.27. The Morgan fingerprint density at radius 1 is 1.00 bits per heavy atom. The summed E-state index contributed by atoms with van der Waals surface area (Å²) in [5.74, 6) is 2.70. The molecule has 0 radical (unpaired) electrons. The average Bonchev–Trinajstić information content (AvgIpc) is 2.86. The summed E-state index contributed by atoms with van der Waals surface area (Å²) in [6.07, 6.45) is 4.43. The number of aliphatic hydroxyl groups is 1. The van der Waals surface area contributed by atoms with Gasteiger partial charge in [0.15, 0.2) is 18.0 Å². The van der Waals surface area contributed by atoms with Crippen LogP contribution in [0.5, 0.6) is 11.5 Å². The van der Waals surface area contributed by atoms with E-state index in [2.05, 4.69) is 40.7 Å². The van der Waals surface area contributed by atoms with E-state index in [1.807, 2.05) is 18.2 Å². The minimum atomic E-state index is -1.07. The largest absolute Gasteiger partial charge is 0.486 e. The Morgan fingerprint density at radius 3 is 2.71 bits per heavy atom. The van der Waals surface area contributed by atoms with Gasteiger partial charge in [-0.1, -0.05) is 12.1 Å². The monoisotopic (exact) mass is 379 g/mol. The van der Waals surface area contributed by atoms with Crippen LogP contribution in [0.2, 0.25) is 0 Å². The van der Waals surface area contributed by atoms with Crippen LogP contribution in [0.15, 0.2) is 42.5 Å². The third-order valence-corrected chi connectivity index (χ3v) is 6.05. The van der Waals surface area contributed by atoms with Gasteiger partial charge in [0.1, 0.15) is 18.9 Å². The lowest BCUT2D eigenvalue weighted by atomic mass is 10.0. The fourth-order valence-electron chi connectivity index (χ4n) is 4.65. The lowest BCUT2D eigenvalue weighted by Crippen LogP contribution is -2.41. The molecule has 1 atom stereocenters. The normalized spacial score (nSPS) is 24.1. The third-order valence-electron chi connectivity index (χ3n) is 6.05. The predicted octanol–water partition coefficient (Wildman–Crippen LogP) is 3.42. The number of benzene rings is 2. The summed E-state index contributed by atoms with van der Waals surface area (Å²) in [5, 5.41) is 12.0. The van der Waals surface area contributed by atoms with E-state index in [4.69, 9.17) is 9.47 Å². The van der Waals surface area contributed by atoms with Gasteiger partial charge in [0.05, 0.1) is 6.54 Å². The maximum atomic E-state index is 12.0. The third kappa shape index (κ3) is 2.85. The number of fused-ring (bicyclic) bond motifs is 1. The average molecular weight is 379 g/mol. The maximum Gasteiger partial charge on any atom is 0.271 e. The standard InChI is InChI=1S/C23H27N2O3/c1-17-6-5-7-19(14-17)24-16-23(26,25-11-4-2-3-8-22(24)25)18-9-10-20-21(15-18)28-13-12-27-20/h5-7,9-10,14-15,26H,2-4,8,11-13,16H2,1H3/q+1/t23-/m0/s1. The number of amidine groups is 1. The summed E-state index contributed by atoms with van der Waals surface area (Å²) >= 11 is 0. The maximum absolute atomic E-state index is 12.0. The molecular weight excluding hydrogens is 352 g/mol. The second-order valence-corrected chi connectivity index (χ2v) is 7.98. The Labute approximate surface area is 165 Å². The first-order valence-electron chi connectivity index (χ1n) is 10.3. The molecule has 3 aliphatic rings. The van der Waals surface area contributed by atoms with Crippen LogP contribution < -0.4 is 14.4 Å². The number of hydrogen-bond donors (Lipinski definition) is 1. The van der Waals surface area contributed by atoms with Crippen molar-refractivity contribution in [3.05, 3.63) is 53.6 Å². The van der Waals surface area contributed by atoms with Gasteiger partial charge in [-0.2, -0.15) is 0 Å². The number of hydrogen-bond acceptors (Lipinski definition) is 4. The van der Waals surface area contributed by atoms with Crippen LogP contribution in [0.4, 0.5) is 5.69 Å². The van der Waals surface area contributed by atoms with Gasteiger partial charge in [0, 0.05) is 12.0 Å². The minimum absolute atomic E-state index is 0.519. The van der Waals surface area contributed by atoms with E-state index in [1.54, 1.807) is 0 Å². The number of rotatable bonds is 2. The second kappa shape index (κ2) is 6.82. The summed E-state index contributed by atoms with van der Waals surface area (Å²) in [4.78, 5) is 2.30. The molecule has 2 aromatic rings. The van der Waals surface area contributed by atoms with Gasteiger partial charge in [-0.05, 0) is 62.1 Å². The molecule has 0 bridgehead atoms. The van der Waals surface area contributed by atoms with Crippen LogP contribution in [0.1, 0.15) is 36.8 Å². The highest BCUT2D eigenvalue weighted by Gasteiger charge is 2.52. The van der Waals surface area contributed by atoms with Crippen molar-refractivity contribution in [2.45, 2.75) is 38.3 Å². The van der Waals surface area contributed by atoms with E-state index in [0.717, 1.165) is 48.6 Å². The van der Waals surface area contributed by atoms with Gasteiger partial charge in [0.2, 0.25) is 0 Å². The molecule has 28 heavy (non-hydrogen) atoms. The van der Waals surface area contributed by atoms with E-state index in [1.165, 1.54) is 17.8 Å². The molecular formula is C23H27N2O3+. The fourth-order valence-corrected chi connectivity index (χ4v) is 4.65. The van der Waals surface area contributed by atoms with Crippen molar-refractivity contribution in [1.29, 1.82) is 0 Å². The fraction of sp³-hybridized carbons (Fsp3) is 0.435. The molecule has 5 heteroatoms. The molecule has 3 aliphatic heterocycles. The first-order valence-corrected chi connectivity index (χ1v) is 10.3. The molecule has 0 amide bonds. The second-order valence-electron chi connectivity index (χ2n) is 7.98. The zero-order valence-corrected chi connectivity index (χ0v) is 16.4. The zero-order valence-electron chi connectivity index (χ0n) is 16.4. The zero-order chi connectivity index (χ0) is 19.1. The van der Waals surface area contributed by atoms with Crippen molar-refractivity contribution in [3.63, 3.8) is 0 Å². The molecule has 3 heterocycles. The van der Waals surface area contributed by atoms with E-state index >= 15 is 0 Å². The molecule has 0 saturated carbocycles. The van der Waals surface area contributed by atoms with Crippen LogP contribution in [0, 0.1) is 6.92 Å². The van der Waals surface area contributed by atoms with Crippen LogP contribution in [-0.2, 0) is 5.72 Å². The number of β-amino-alcohol motifs (C(OH)–C–C–N with tert-alkyl or cyclic N) is 1. The van der Waals surface area contributed by atoms with Crippen molar-refractivity contribution in [3.8, 4) is 11.5 Å². The van der Waals surface area contributed by atoms with E-state index < -0.39 is 5.72 Å². The Morgan fingerprint density at radius 2 is 1.86 bits per heavy atom. The van der Waals surface area contributed by atoms with Gasteiger partial charge in [-0.15, -0.1) is 0 Å². The van der Waals surface area contributed by atoms with Crippen LogP contribution >= 0.6 is 0 Å². The smallest absolute Gasteiger partial charge is 0.271 e. The van der Waals surface area contributed by atoms with Crippen molar-refractivity contribution in [2.75, 3.05) is 31.2 Å². The summed E-state index contributed by atoms with van der Waals surface area (Å²) < 4.78 is 13.7. The van der Waals surface area contributed by atoms with Crippen molar-refractivity contribution >= 4 is 11.5 Å². The van der Waals surface area contributed by atoms with Crippen LogP contribution in [0.3, 0.4) is 0 Å². The van der Waals surface area contributed by atoms with Gasteiger partial charge in [0.25, 0.3) is 11.6 Å². The molecule has 2 aromatic carbocycles. The lowest BCUT2D eigenvalue weighted by molar-refractivity contribution is -0.658. The summed E-state index contributed by atoms with van der Waals surface area (Å²) in [6.45, 7) is 4.61. The number of anilines is 1. The highest BCUT2D eigenvalue weighted by molar-refractivity contribution is 5.96. The van der Waals surface area contributed by atoms with Gasteiger partial charge in [-0.3, -0.25) is 0 Å². The summed E-state index contributed by atoms with van der Waals surface area (Å²) in [5.41, 5.74) is 2.17. The number of aryl methyl sites for hydroxylation is 1. The molecule has 1 N–H and O–H groups in total. The SMILES string of the molecule is Cc1cccc(N2C[C@](O)(c3ccc4c(c3)OCCO4)[N+]3=C2CCCCC3)c1. The summed E-state index contributed by atoms with van der Waals surface area (Å²) in [6, 6.07) is 14.4. The van der Waals surface area contributed by atoms with Crippen molar-refractivity contribution in [1.82, 2.24) is 0 Å². The summed E-state index contributed by atoms with van der Waals surface area (Å²) in [7, 11) is 0. The topological polar surface area (TPSA) is 44.9 Å². The van der Waals surface area contributed by atoms with E-state index in [0.29, 0.717) is 19.8 Å². The van der Waals surface area contributed by atoms with Crippen molar-refractivity contribution in [2.24, 2.45) is 0 Å².